The lowest BCUT2D eigenvalue weighted by molar-refractivity contribution is 0.102. The van der Waals surface area contributed by atoms with E-state index in [-0.39, 0.29) is 11.4 Å². The van der Waals surface area contributed by atoms with Crippen molar-refractivity contribution in [2.45, 2.75) is 82.5 Å². The Kier molecular flexibility index (Phi) is 5.39. The fourth-order valence-corrected chi connectivity index (χ4v) is 4.79. The van der Waals surface area contributed by atoms with Gasteiger partial charge in [-0.2, -0.15) is 5.10 Å². The maximum Gasteiger partial charge on any atom is 0.255 e. The lowest BCUT2D eigenvalue weighted by atomic mass is 10.0. The molecule has 2 saturated carbocycles. The summed E-state index contributed by atoms with van der Waals surface area (Å²) in [6, 6.07) is 10.2. The first-order valence-electron chi connectivity index (χ1n) is 11.8. The molecule has 2 atom stereocenters. The number of anilines is 1. The summed E-state index contributed by atoms with van der Waals surface area (Å²) in [7, 11) is 0. The normalized spacial score (nSPS) is 24.9. The summed E-state index contributed by atoms with van der Waals surface area (Å²) in [6.07, 6.45) is 10.1. The molecule has 31 heavy (non-hydrogen) atoms. The summed E-state index contributed by atoms with van der Waals surface area (Å²) < 4.78 is 1.87. The Morgan fingerprint density at radius 1 is 1.13 bits per heavy atom. The van der Waals surface area contributed by atoms with Crippen LogP contribution in [0.3, 0.4) is 0 Å². The van der Waals surface area contributed by atoms with Gasteiger partial charge in [0.25, 0.3) is 5.91 Å². The summed E-state index contributed by atoms with van der Waals surface area (Å²) in [5, 5.41) is 11.2. The molecule has 3 fully saturated rings. The van der Waals surface area contributed by atoms with E-state index in [4.69, 9.17) is 0 Å². The Morgan fingerprint density at radius 3 is 2.58 bits per heavy atom. The summed E-state index contributed by atoms with van der Waals surface area (Å²) >= 11 is 0. The van der Waals surface area contributed by atoms with Crippen LogP contribution in [0.15, 0.2) is 36.7 Å². The minimum Gasteiger partial charge on any atom is -0.319 e. The third-order valence-corrected chi connectivity index (χ3v) is 6.94. The van der Waals surface area contributed by atoms with Crippen LogP contribution < -0.4 is 10.6 Å². The Labute approximate surface area is 185 Å². The molecule has 0 radical (unpaired) electrons. The van der Waals surface area contributed by atoms with Crippen molar-refractivity contribution >= 4 is 11.6 Å². The average Bonchev–Trinajstić information content (AvgIpc) is 3.67. The van der Waals surface area contributed by atoms with Crippen molar-refractivity contribution in [3.05, 3.63) is 47.8 Å². The molecule has 5 rings (SSSR count). The summed E-state index contributed by atoms with van der Waals surface area (Å²) in [4.78, 5) is 15.5. The number of piperidine rings is 1. The van der Waals surface area contributed by atoms with E-state index >= 15 is 0 Å². The van der Waals surface area contributed by atoms with Crippen LogP contribution in [0.2, 0.25) is 0 Å². The van der Waals surface area contributed by atoms with Crippen LogP contribution in [0.1, 0.15) is 74.7 Å². The minimum absolute atomic E-state index is 0.0760. The van der Waals surface area contributed by atoms with Crippen molar-refractivity contribution in [2.24, 2.45) is 0 Å². The molecule has 2 unspecified atom stereocenters. The first-order valence-corrected chi connectivity index (χ1v) is 11.8. The maximum atomic E-state index is 12.8. The molecule has 2 aromatic rings. The quantitative estimate of drug-likeness (QED) is 0.741. The lowest BCUT2D eigenvalue weighted by Crippen LogP contribution is -2.44. The fraction of sp³-hybridized carbons (Fsp3) is 0.600. The average molecular weight is 422 g/mol. The molecule has 0 spiro atoms. The number of aromatic nitrogens is 2. The highest BCUT2D eigenvalue weighted by Gasteiger charge is 2.40. The number of carbonyl (C=O) groups excluding carboxylic acids is 1. The van der Waals surface area contributed by atoms with Crippen molar-refractivity contribution in [1.82, 2.24) is 20.0 Å². The van der Waals surface area contributed by atoms with E-state index in [1.165, 1.54) is 50.8 Å². The van der Waals surface area contributed by atoms with Crippen LogP contribution in [0.5, 0.6) is 0 Å². The number of hydrogen-bond donors (Lipinski definition) is 2. The van der Waals surface area contributed by atoms with Crippen molar-refractivity contribution in [3.8, 4) is 0 Å². The van der Waals surface area contributed by atoms with Gasteiger partial charge in [-0.3, -0.25) is 9.48 Å². The Morgan fingerprint density at radius 2 is 1.90 bits per heavy atom. The zero-order chi connectivity index (χ0) is 21.6. The summed E-state index contributed by atoms with van der Waals surface area (Å²) in [5.74, 6) is 0.450. The first-order chi connectivity index (χ1) is 14.9. The Balaban J connectivity index is 1.15. The molecule has 0 bridgehead atoms. The van der Waals surface area contributed by atoms with Gasteiger partial charge in [-0.15, -0.1) is 0 Å². The van der Waals surface area contributed by atoms with E-state index in [2.05, 4.69) is 53.5 Å². The largest absolute Gasteiger partial charge is 0.319 e. The molecule has 2 N–H and O–H groups in total. The van der Waals surface area contributed by atoms with Crippen molar-refractivity contribution < 1.29 is 4.79 Å². The second kappa shape index (κ2) is 8.06. The van der Waals surface area contributed by atoms with Crippen LogP contribution in [-0.2, 0) is 5.54 Å². The van der Waals surface area contributed by atoms with Gasteiger partial charge in [0.1, 0.15) is 0 Å². The highest BCUT2D eigenvalue weighted by Crippen LogP contribution is 2.42. The highest BCUT2D eigenvalue weighted by molar-refractivity contribution is 6.04. The molecule has 1 aromatic heterocycles. The molecule has 6 heteroatoms. The van der Waals surface area contributed by atoms with Gasteiger partial charge in [-0.25, -0.2) is 0 Å². The molecule has 166 valence electrons. The van der Waals surface area contributed by atoms with Crippen molar-refractivity contribution in [2.75, 3.05) is 18.4 Å². The number of amides is 1. The van der Waals surface area contributed by atoms with E-state index in [0.29, 0.717) is 23.6 Å². The molecule has 6 nitrogen and oxygen atoms in total. The molecule has 1 aromatic carbocycles. The number of likely N-dealkylation sites (tertiary alicyclic amines) is 1. The van der Waals surface area contributed by atoms with Gasteiger partial charge in [-0.05, 0) is 83.7 Å². The number of carbonyl (C=O) groups is 1. The van der Waals surface area contributed by atoms with E-state index in [1.54, 1.807) is 6.20 Å². The first kappa shape index (κ1) is 20.7. The second-order valence-electron chi connectivity index (χ2n) is 10.6. The van der Waals surface area contributed by atoms with Gasteiger partial charge < -0.3 is 15.5 Å². The Bertz CT molecular complexity index is 933. The zero-order valence-electron chi connectivity index (χ0n) is 19.0. The molecule has 1 aliphatic heterocycles. The second-order valence-corrected chi connectivity index (χ2v) is 10.6. The third-order valence-electron chi connectivity index (χ3n) is 6.94. The van der Waals surface area contributed by atoms with Gasteiger partial charge in [0.05, 0.1) is 17.4 Å². The van der Waals surface area contributed by atoms with E-state index < -0.39 is 0 Å². The molecule has 2 heterocycles. The zero-order valence-corrected chi connectivity index (χ0v) is 19.0. The van der Waals surface area contributed by atoms with Gasteiger partial charge in [0, 0.05) is 35.8 Å². The fourth-order valence-electron chi connectivity index (χ4n) is 4.79. The van der Waals surface area contributed by atoms with Crippen LogP contribution in [0.4, 0.5) is 5.69 Å². The van der Waals surface area contributed by atoms with Gasteiger partial charge in [0.15, 0.2) is 0 Å². The van der Waals surface area contributed by atoms with Crippen molar-refractivity contribution in [3.63, 3.8) is 0 Å². The number of rotatable bonds is 6. The van der Waals surface area contributed by atoms with E-state index in [9.17, 15) is 4.79 Å². The number of nitrogens with one attached hydrogen (secondary N) is 2. The molecule has 1 amide bonds. The van der Waals surface area contributed by atoms with Gasteiger partial charge in [0.2, 0.25) is 0 Å². The van der Waals surface area contributed by atoms with Crippen molar-refractivity contribution in [1.29, 1.82) is 0 Å². The molecule has 3 aliphatic rings. The van der Waals surface area contributed by atoms with E-state index in [0.717, 1.165) is 11.7 Å². The summed E-state index contributed by atoms with van der Waals surface area (Å²) in [5.41, 5.74) is 2.61. The number of hydrogen-bond acceptors (Lipinski definition) is 4. The monoisotopic (exact) mass is 421 g/mol. The topological polar surface area (TPSA) is 62.2 Å². The molecule has 2 aliphatic carbocycles. The highest BCUT2D eigenvalue weighted by atomic mass is 16.1. The predicted molar refractivity (Wildman–Crippen MR) is 124 cm³/mol. The molecular formula is C25H35N5O. The molecule has 1 saturated heterocycles. The molecular weight excluding hydrogens is 386 g/mol. The van der Waals surface area contributed by atoms with Crippen LogP contribution >= 0.6 is 0 Å². The van der Waals surface area contributed by atoms with Gasteiger partial charge >= 0.3 is 0 Å². The number of nitrogens with zero attached hydrogens (tertiary/aromatic N) is 3. The standard InChI is InChI=1S/C25H35N5O/c1-25(2,3)30-16-20(15-26-30)28-24(31)18-6-4-5-17(13-18)22-14-23(22)27-19-9-11-29(12-10-19)21-7-8-21/h4-6,13,15-16,19,21-23,27H,7-12,14H2,1-3H3,(H,28,31). The SMILES string of the molecule is CC(C)(C)n1cc(NC(=O)c2cccc(C3CC3NC3CCN(C4CC4)CC3)c2)cn1. The predicted octanol–water partition coefficient (Wildman–Crippen LogP) is 3.96. The maximum absolute atomic E-state index is 12.8. The number of benzene rings is 1. The van der Waals surface area contributed by atoms with Gasteiger partial charge in [-0.1, -0.05) is 12.1 Å². The smallest absolute Gasteiger partial charge is 0.255 e. The van der Waals surface area contributed by atoms with Crippen LogP contribution in [-0.4, -0.2) is 51.8 Å². The lowest BCUT2D eigenvalue weighted by Gasteiger charge is -2.32. The van der Waals surface area contributed by atoms with E-state index in [1.807, 2.05) is 23.0 Å². The summed E-state index contributed by atoms with van der Waals surface area (Å²) in [6.45, 7) is 8.77. The minimum atomic E-state index is -0.106. The van der Waals surface area contributed by atoms with Crippen LogP contribution in [0, 0.1) is 0 Å². The Hall–Kier alpha value is -2.18. The van der Waals surface area contributed by atoms with Crippen LogP contribution in [0.25, 0.3) is 0 Å². The third kappa shape index (κ3) is 4.85.